The Kier molecular flexibility index (Phi) is 3.37. The van der Waals surface area contributed by atoms with Crippen LogP contribution in [0.5, 0.6) is 0 Å². The molecule has 3 heterocycles. The van der Waals surface area contributed by atoms with Crippen LogP contribution in [0.4, 0.5) is 4.39 Å². The molecule has 2 saturated heterocycles. The van der Waals surface area contributed by atoms with E-state index in [0.717, 1.165) is 17.7 Å². The maximum atomic E-state index is 13.0. The van der Waals surface area contributed by atoms with Crippen LogP contribution < -0.4 is 0 Å². The van der Waals surface area contributed by atoms with Crippen molar-refractivity contribution in [1.82, 2.24) is 19.9 Å². The van der Waals surface area contributed by atoms with Gasteiger partial charge in [-0.2, -0.15) is 0 Å². The Balaban J connectivity index is 1.53. The molecule has 0 spiro atoms. The number of ether oxygens (including phenoxy) is 1. The van der Waals surface area contributed by atoms with Crippen LogP contribution in [0.1, 0.15) is 28.2 Å². The molecule has 1 aromatic carbocycles. The molecule has 120 valence electrons. The van der Waals surface area contributed by atoms with E-state index < -0.39 is 0 Å². The van der Waals surface area contributed by atoms with Gasteiger partial charge in [-0.05, 0) is 31.0 Å². The summed E-state index contributed by atoms with van der Waals surface area (Å²) < 4.78 is 20.0. The quantitative estimate of drug-likeness (QED) is 0.858. The third-order valence-electron chi connectivity index (χ3n) is 4.62. The van der Waals surface area contributed by atoms with Crippen molar-refractivity contribution < 1.29 is 13.9 Å². The van der Waals surface area contributed by atoms with E-state index in [-0.39, 0.29) is 23.8 Å². The Morgan fingerprint density at radius 3 is 2.65 bits per heavy atom. The fraction of sp³-hybridized carbons (Fsp3) is 0.438. The highest BCUT2D eigenvalue weighted by Gasteiger charge is 2.46. The molecule has 7 heteroatoms. The number of amides is 1. The molecule has 23 heavy (non-hydrogen) atoms. The third-order valence-corrected chi connectivity index (χ3v) is 4.62. The molecular formula is C16H17FN4O2. The Morgan fingerprint density at radius 1 is 1.30 bits per heavy atom. The van der Waals surface area contributed by atoms with E-state index in [0.29, 0.717) is 25.5 Å². The molecule has 0 aliphatic carbocycles. The molecule has 0 saturated carbocycles. The predicted octanol–water partition coefficient (Wildman–Crippen LogP) is 1.39. The van der Waals surface area contributed by atoms with Gasteiger partial charge in [0.2, 0.25) is 0 Å². The van der Waals surface area contributed by atoms with E-state index in [1.54, 1.807) is 16.8 Å². The summed E-state index contributed by atoms with van der Waals surface area (Å²) in [5, 5.41) is 8.15. The summed E-state index contributed by atoms with van der Waals surface area (Å²) in [5.41, 5.74) is 2.03. The van der Waals surface area contributed by atoms with Crippen LogP contribution in [0.25, 0.3) is 0 Å². The monoisotopic (exact) mass is 316 g/mol. The number of benzene rings is 1. The van der Waals surface area contributed by atoms with Crippen LogP contribution in [0.15, 0.2) is 24.3 Å². The fourth-order valence-electron chi connectivity index (χ4n) is 3.26. The number of carbonyl (C=O) groups excluding carboxylic acids is 1. The van der Waals surface area contributed by atoms with Crippen molar-refractivity contribution in [1.29, 1.82) is 0 Å². The van der Waals surface area contributed by atoms with E-state index in [4.69, 9.17) is 4.74 Å². The van der Waals surface area contributed by atoms with Crippen LogP contribution in [0, 0.1) is 12.7 Å². The van der Waals surface area contributed by atoms with Crippen molar-refractivity contribution in [3.63, 3.8) is 0 Å². The van der Waals surface area contributed by atoms with E-state index in [1.165, 1.54) is 12.1 Å². The van der Waals surface area contributed by atoms with Crippen LogP contribution in [-0.4, -0.2) is 51.1 Å². The Labute approximate surface area is 132 Å². The maximum absolute atomic E-state index is 13.0. The molecule has 2 aromatic rings. The van der Waals surface area contributed by atoms with Gasteiger partial charge < -0.3 is 9.64 Å². The van der Waals surface area contributed by atoms with Crippen LogP contribution in [-0.2, 0) is 11.3 Å². The normalized spacial score (nSPS) is 22.8. The molecule has 0 radical (unpaired) electrons. The summed E-state index contributed by atoms with van der Waals surface area (Å²) in [5.74, 6) is -0.344. The topological polar surface area (TPSA) is 60.3 Å². The van der Waals surface area contributed by atoms with Crippen molar-refractivity contribution in [3.05, 3.63) is 47.0 Å². The Hall–Kier alpha value is -2.28. The van der Waals surface area contributed by atoms with Crippen molar-refractivity contribution in [3.8, 4) is 0 Å². The van der Waals surface area contributed by atoms with Gasteiger partial charge in [0.25, 0.3) is 5.91 Å². The lowest BCUT2D eigenvalue weighted by molar-refractivity contribution is -0.104. The molecule has 1 aromatic heterocycles. The minimum absolute atomic E-state index is 0.0718. The van der Waals surface area contributed by atoms with Gasteiger partial charge in [-0.3, -0.25) is 4.79 Å². The van der Waals surface area contributed by atoms with Gasteiger partial charge in [0.15, 0.2) is 5.69 Å². The molecule has 6 nitrogen and oxygen atoms in total. The number of aromatic nitrogens is 3. The number of rotatable bonds is 3. The minimum Gasteiger partial charge on any atom is -0.377 e. The number of carbonyl (C=O) groups is 1. The molecule has 4 rings (SSSR count). The number of hydrogen-bond acceptors (Lipinski definition) is 4. The lowest BCUT2D eigenvalue weighted by Crippen LogP contribution is -2.65. The Morgan fingerprint density at radius 2 is 2.00 bits per heavy atom. The first-order chi connectivity index (χ1) is 11.1. The largest absolute Gasteiger partial charge is 0.377 e. The zero-order valence-electron chi connectivity index (χ0n) is 12.8. The summed E-state index contributed by atoms with van der Waals surface area (Å²) in [7, 11) is 0. The zero-order chi connectivity index (χ0) is 16.0. The van der Waals surface area contributed by atoms with Gasteiger partial charge in [-0.15, -0.1) is 5.10 Å². The van der Waals surface area contributed by atoms with Gasteiger partial charge in [-0.25, -0.2) is 9.07 Å². The van der Waals surface area contributed by atoms with Gasteiger partial charge in [0.05, 0.1) is 37.5 Å². The van der Waals surface area contributed by atoms with Gasteiger partial charge in [0, 0.05) is 0 Å². The second-order valence-electron chi connectivity index (χ2n) is 6.10. The number of halogens is 1. The molecule has 2 unspecified atom stereocenters. The van der Waals surface area contributed by atoms with E-state index in [2.05, 4.69) is 10.3 Å². The number of fused-ring (bicyclic) bond motifs is 2. The molecule has 2 aliphatic heterocycles. The van der Waals surface area contributed by atoms with Gasteiger partial charge in [-0.1, -0.05) is 17.3 Å². The smallest absolute Gasteiger partial charge is 0.276 e. The van der Waals surface area contributed by atoms with Gasteiger partial charge in [0.1, 0.15) is 5.82 Å². The lowest BCUT2D eigenvalue weighted by atomic mass is 9.91. The summed E-state index contributed by atoms with van der Waals surface area (Å²) >= 11 is 0. The zero-order valence-corrected chi connectivity index (χ0v) is 12.8. The highest BCUT2D eigenvalue weighted by atomic mass is 19.1. The molecular weight excluding hydrogens is 299 g/mol. The average Bonchev–Trinajstić information content (AvgIpc) is 2.91. The fourth-order valence-corrected chi connectivity index (χ4v) is 3.26. The minimum atomic E-state index is -0.272. The summed E-state index contributed by atoms with van der Waals surface area (Å²) in [6, 6.07) is 6.57. The van der Waals surface area contributed by atoms with Crippen molar-refractivity contribution in [2.75, 3.05) is 13.2 Å². The first-order valence-corrected chi connectivity index (χ1v) is 7.68. The van der Waals surface area contributed by atoms with E-state index in [1.807, 2.05) is 11.8 Å². The maximum Gasteiger partial charge on any atom is 0.276 e. The molecule has 1 amide bonds. The summed E-state index contributed by atoms with van der Waals surface area (Å²) in [4.78, 5) is 14.5. The molecule has 2 bridgehead atoms. The Bertz CT molecular complexity index is 729. The molecule has 2 aliphatic rings. The molecule has 2 fully saturated rings. The van der Waals surface area contributed by atoms with E-state index >= 15 is 0 Å². The number of hydrogen-bond donors (Lipinski definition) is 0. The lowest BCUT2D eigenvalue weighted by Gasteiger charge is -2.51. The van der Waals surface area contributed by atoms with Crippen LogP contribution in [0.3, 0.4) is 0 Å². The number of nitrogens with zero attached hydrogens (tertiary/aromatic N) is 4. The third kappa shape index (κ3) is 2.41. The summed E-state index contributed by atoms with van der Waals surface area (Å²) in [6.45, 7) is 3.50. The van der Waals surface area contributed by atoms with Crippen molar-refractivity contribution in [2.24, 2.45) is 0 Å². The predicted molar refractivity (Wildman–Crippen MR) is 79.4 cm³/mol. The highest BCUT2D eigenvalue weighted by Crippen LogP contribution is 2.32. The molecule has 0 N–H and O–H groups in total. The highest BCUT2D eigenvalue weighted by molar-refractivity contribution is 5.94. The second kappa shape index (κ2) is 5.42. The summed E-state index contributed by atoms with van der Waals surface area (Å²) in [6.07, 6.45) is 1.01. The van der Waals surface area contributed by atoms with E-state index in [9.17, 15) is 9.18 Å². The van der Waals surface area contributed by atoms with Crippen molar-refractivity contribution >= 4 is 5.91 Å². The van der Waals surface area contributed by atoms with Crippen LogP contribution in [0.2, 0.25) is 0 Å². The molecule has 2 atom stereocenters. The average molecular weight is 316 g/mol. The second-order valence-corrected chi connectivity index (χ2v) is 6.10. The van der Waals surface area contributed by atoms with Crippen LogP contribution >= 0.6 is 0 Å². The standard InChI is InChI=1S/C16H17FN4O2/c1-10-15(16(22)21-13-6-14(21)9-23-8-13)18-19-20(10)7-11-2-4-12(17)5-3-11/h2-5,13-14H,6-9H2,1H3. The SMILES string of the molecule is Cc1c(C(=O)N2C3COCC2C3)nnn1Cc1ccc(F)cc1. The first-order valence-electron chi connectivity index (χ1n) is 7.68. The first kappa shape index (κ1) is 14.3. The van der Waals surface area contributed by atoms with Crippen molar-refractivity contribution in [2.45, 2.75) is 32.0 Å². The van der Waals surface area contributed by atoms with Gasteiger partial charge >= 0.3 is 0 Å². The number of morpholine rings is 1.